The monoisotopic (exact) mass is 325 g/mol. The van der Waals surface area contributed by atoms with Crippen LogP contribution in [-0.4, -0.2) is 43.1 Å². The summed E-state index contributed by atoms with van der Waals surface area (Å²) in [5, 5.41) is 0.653. The van der Waals surface area contributed by atoms with Crippen molar-refractivity contribution in [3.63, 3.8) is 0 Å². The van der Waals surface area contributed by atoms with Crippen molar-refractivity contribution in [1.29, 1.82) is 0 Å². The molecule has 0 N–H and O–H groups in total. The Labute approximate surface area is 135 Å². The maximum absolute atomic E-state index is 12.3. The minimum absolute atomic E-state index is 0.103. The molecule has 1 aliphatic rings. The number of hydrogen-bond acceptors (Lipinski definition) is 4. The number of amides is 1. The lowest BCUT2D eigenvalue weighted by Gasteiger charge is -2.33. The van der Waals surface area contributed by atoms with Gasteiger partial charge in [0.05, 0.1) is 7.11 Å². The number of hydrogen-bond donors (Lipinski definition) is 0. The molecule has 0 saturated carbocycles. The predicted molar refractivity (Wildman–Crippen MR) is 83.1 cm³/mol. The highest BCUT2D eigenvalue weighted by atomic mass is 35.5. The SMILES string of the molecule is COC(=O)C1CCCCN1C(=O)COc1ccc(Cl)c(C)c1. The first-order valence-corrected chi connectivity index (χ1v) is 7.67. The van der Waals surface area contributed by atoms with Gasteiger partial charge in [0.25, 0.3) is 5.91 Å². The van der Waals surface area contributed by atoms with E-state index in [0.717, 1.165) is 18.4 Å². The Morgan fingerprint density at radius 3 is 2.82 bits per heavy atom. The molecule has 2 rings (SSSR count). The summed E-state index contributed by atoms with van der Waals surface area (Å²) in [6.07, 6.45) is 2.44. The molecular weight excluding hydrogens is 306 g/mol. The van der Waals surface area contributed by atoms with Crippen LogP contribution in [-0.2, 0) is 14.3 Å². The van der Waals surface area contributed by atoms with E-state index in [-0.39, 0.29) is 18.5 Å². The van der Waals surface area contributed by atoms with Crippen LogP contribution in [0.25, 0.3) is 0 Å². The molecule has 0 aliphatic carbocycles. The molecule has 1 amide bonds. The van der Waals surface area contributed by atoms with E-state index in [1.54, 1.807) is 23.1 Å². The fourth-order valence-corrected chi connectivity index (χ4v) is 2.66. The number of methoxy groups -OCH3 is 1. The van der Waals surface area contributed by atoms with Gasteiger partial charge in [-0.25, -0.2) is 4.79 Å². The third-order valence-electron chi connectivity index (χ3n) is 3.79. The molecular formula is C16H20ClNO4. The largest absolute Gasteiger partial charge is 0.484 e. The number of ether oxygens (including phenoxy) is 2. The smallest absolute Gasteiger partial charge is 0.328 e. The number of rotatable bonds is 4. The van der Waals surface area contributed by atoms with Crippen molar-refractivity contribution in [1.82, 2.24) is 4.90 Å². The minimum atomic E-state index is -0.498. The molecule has 0 aromatic heterocycles. The van der Waals surface area contributed by atoms with Crippen LogP contribution in [0.15, 0.2) is 18.2 Å². The van der Waals surface area contributed by atoms with Gasteiger partial charge >= 0.3 is 5.97 Å². The molecule has 1 aromatic rings. The van der Waals surface area contributed by atoms with E-state index in [1.807, 2.05) is 6.92 Å². The first-order chi connectivity index (χ1) is 10.5. The second-order valence-corrected chi connectivity index (χ2v) is 5.73. The number of likely N-dealkylation sites (tertiary alicyclic amines) is 1. The Balaban J connectivity index is 1.97. The van der Waals surface area contributed by atoms with E-state index < -0.39 is 6.04 Å². The Morgan fingerprint density at radius 2 is 2.14 bits per heavy atom. The Morgan fingerprint density at radius 1 is 1.36 bits per heavy atom. The molecule has 1 aromatic carbocycles. The fourth-order valence-electron chi connectivity index (χ4n) is 2.55. The van der Waals surface area contributed by atoms with E-state index in [4.69, 9.17) is 21.1 Å². The van der Waals surface area contributed by atoms with Crippen molar-refractivity contribution in [2.24, 2.45) is 0 Å². The second-order valence-electron chi connectivity index (χ2n) is 5.32. The van der Waals surface area contributed by atoms with E-state index >= 15 is 0 Å². The first kappa shape index (κ1) is 16.6. The standard InChI is InChI=1S/C16H20ClNO4/c1-11-9-12(6-7-13(11)17)22-10-15(19)18-8-4-3-5-14(18)16(20)21-2/h6-7,9,14H,3-5,8,10H2,1-2H3. The van der Waals surface area contributed by atoms with Crippen LogP contribution in [0.4, 0.5) is 0 Å². The van der Waals surface area contributed by atoms with Gasteiger partial charge in [0, 0.05) is 11.6 Å². The van der Waals surface area contributed by atoms with Gasteiger partial charge < -0.3 is 14.4 Å². The molecule has 22 heavy (non-hydrogen) atoms. The maximum atomic E-state index is 12.3. The summed E-state index contributed by atoms with van der Waals surface area (Å²) in [7, 11) is 1.34. The number of aryl methyl sites for hydroxylation is 1. The van der Waals surface area contributed by atoms with E-state index in [1.165, 1.54) is 7.11 Å². The van der Waals surface area contributed by atoms with Gasteiger partial charge in [-0.15, -0.1) is 0 Å². The van der Waals surface area contributed by atoms with Crippen LogP contribution in [0.3, 0.4) is 0 Å². The molecule has 1 atom stereocenters. The molecule has 1 aliphatic heterocycles. The van der Waals surface area contributed by atoms with Gasteiger partial charge in [-0.05, 0) is 49.9 Å². The summed E-state index contributed by atoms with van der Waals surface area (Å²) in [6, 6.07) is 4.73. The number of carbonyl (C=O) groups is 2. The number of carbonyl (C=O) groups excluding carboxylic acids is 2. The Kier molecular flexibility index (Phi) is 5.66. The van der Waals surface area contributed by atoms with Gasteiger partial charge in [0.1, 0.15) is 11.8 Å². The summed E-state index contributed by atoms with van der Waals surface area (Å²) in [6.45, 7) is 2.32. The van der Waals surface area contributed by atoms with Crippen molar-refractivity contribution < 1.29 is 19.1 Å². The first-order valence-electron chi connectivity index (χ1n) is 7.29. The quantitative estimate of drug-likeness (QED) is 0.798. The Hall–Kier alpha value is -1.75. The molecule has 1 unspecified atom stereocenters. The van der Waals surface area contributed by atoms with Crippen LogP contribution in [0.1, 0.15) is 24.8 Å². The van der Waals surface area contributed by atoms with Crippen LogP contribution in [0, 0.1) is 6.92 Å². The summed E-state index contributed by atoms with van der Waals surface area (Å²) < 4.78 is 10.3. The molecule has 6 heteroatoms. The molecule has 0 radical (unpaired) electrons. The summed E-state index contributed by atoms with van der Waals surface area (Å²) >= 11 is 5.95. The normalized spacial score (nSPS) is 18.0. The minimum Gasteiger partial charge on any atom is -0.484 e. The van der Waals surface area contributed by atoms with E-state index in [2.05, 4.69) is 0 Å². The highest BCUT2D eigenvalue weighted by molar-refractivity contribution is 6.31. The van der Waals surface area contributed by atoms with E-state index in [9.17, 15) is 9.59 Å². The van der Waals surface area contributed by atoms with E-state index in [0.29, 0.717) is 23.7 Å². The molecule has 1 heterocycles. The van der Waals surface area contributed by atoms with Crippen LogP contribution < -0.4 is 4.74 Å². The van der Waals surface area contributed by atoms with Crippen molar-refractivity contribution >= 4 is 23.5 Å². The third-order valence-corrected chi connectivity index (χ3v) is 4.21. The number of nitrogens with zero attached hydrogens (tertiary/aromatic N) is 1. The van der Waals surface area contributed by atoms with Crippen molar-refractivity contribution in [2.45, 2.75) is 32.2 Å². The number of benzene rings is 1. The molecule has 0 bridgehead atoms. The third kappa shape index (κ3) is 3.91. The lowest BCUT2D eigenvalue weighted by atomic mass is 10.0. The topological polar surface area (TPSA) is 55.8 Å². The average Bonchev–Trinajstić information content (AvgIpc) is 2.55. The molecule has 1 saturated heterocycles. The number of esters is 1. The summed E-state index contributed by atoms with van der Waals surface area (Å²) in [5.41, 5.74) is 0.886. The maximum Gasteiger partial charge on any atom is 0.328 e. The number of piperidine rings is 1. The van der Waals surface area contributed by atoms with Gasteiger partial charge in [-0.1, -0.05) is 11.6 Å². The van der Waals surface area contributed by atoms with Crippen LogP contribution in [0.2, 0.25) is 5.02 Å². The van der Waals surface area contributed by atoms with Crippen molar-refractivity contribution in [3.05, 3.63) is 28.8 Å². The highest BCUT2D eigenvalue weighted by Crippen LogP contribution is 2.22. The van der Waals surface area contributed by atoms with Crippen molar-refractivity contribution in [2.75, 3.05) is 20.3 Å². The van der Waals surface area contributed by atoms with Crippen LogP contribution in [0.5, 0.6) is 5.75 Å². The lowest BCUT2D eigenvalue weighted by molar-refractivity contribution is -0.155. The fraction of sp³-hybridized carbons (Fsp3) is 0.500. The predicted octanol–water partition coefficient (Wildman–Crippen LogP) is 2.58. The zero-order valence-electron chi connectivity index (χ0n) is 12.8. The van der Waals surface area contributed by atoms with Gasteiger partial charge in [-0.3, -0.25) is 4.79 Å². The molecule has 0 spiro atoms. The van der Waals surface area contributed by atoms with Crippen molar-refractivity contribution in [3.8, 4) is 5.75 Å². The zero-order chi connectivity index (χ0) is 16.1. The molecule has 120 valence electrons. The average molecular weight is 326 g/mol. The van der Waals surface area contributed by atoms with Gasteiger partial charge in [0.15, 0.2) is 6.61 Å². The molecule has 1 fully saturated rings. The summed E-state index contributed by atoms with van der Waals surface area (Å²) in [5.74, 6) is 0.0139. The van der Waals surface area contributed by atoms with Gasteiger partial charge in [-0.2, -0.15) is 0 Å². The van der Waals surface area contributed by atoms with Gasteiger partial charge in [0.2, 0.25) is 0 Å². The second kappa shape index (κ2) is 7.49. The summed E-state index contributed by atoms with van der Waals surface area (Å²) in [4.78, 5) is 25.6. The Bertz CT molecular complexity index is 561. The lowest BCUT2D eigenvalue weighted by Crippen LogP contribution is -2.50. The highest BCUT2D eigenvalue weighted by Gasteiger charge is 2.32. The zero-order valence-corrected chi connectivity index (χ0v) is 13.6. The molecule has 5 nitrogen and oxygen atoms in total. The number of halogens is 1. The van der Waals surface area contributed by atoms with Crippen LogP contribution >= 0.6 is 11.6 Å².